The lowest BCUT2D eigenvalue weighted by Gasteiger charge is -2.37. The highest BCUT2D eigenvalue weighted by Crippen LogP contribution is 2.45. The number of H-pyrrole nitrogens is 2. The Morgan fingerprint density at radius 3 is 2.32 bits per heavy atom. The third-order valence-electron chi connectivity index (χ3n) is 8.62. The van der Waals surface area contributed by atoms with Crippen LogP contribution in [0.2, 0.25) is 0 Å². The standard InChI is InChI=1S/C25H10N12/c1-5-26-13-9(1)17-30-22-14-10(2-6-27-14)19-32-24-16-12(4-8-29-16)20-33-23-15-11(3-7-28-15)18-31-21(13)34(17)25(35(19)22,36(18)23)37(20)24/h1-8,26-27H/p+2/t25-/m1/s1. The SMILES string of the molecule is C1=Cc2c3n4c(c2=N1)=Nc1c2cc[nH]c2c2n1[C@]41n4c(c5c(c4=N3)=NC=C5)[NH+]=c3c4[nH]ccc4c(n31)=[NH+]2. The molecule has 0 bridgehead atoms. The predicted octanol–water partition coefficient (Wildman–Crippen LogP) is -3.50. The molecule has 1 atom stereocenters. The fraction of sp³-hybridized carbons (Fsp3) is 0.0400. The molecule has 12 nitrogen and oxygen atoms in total. The maximum atomic E-state index is 5.26. The van der Waals surface area contributed by atoms with Crippen molar-refractivity contribution in [2.24, 2.45) is 20.0 Å². The number of aromatic nitrogens is 6. The molecule has 0 unspecified atom stereocenters. The minimum atomic E-state index is -0.897. The normalized spacial score (nSPS) is 20.5. The van der Waals surface area contributed by atoms with Gasteiger partial charge in [-0.2, -0.15) is 14.6 Å². The zero-order valence-corrected chi connectivity index (χ0v) is 18.7. The Balaban J connectivity index is 1.54. The van der Waals surface area contributed by atoms with Crippen LogP contribution >= 0.6 is 0 Å². The first-order chi connectivity index (χ1) is 18.4. The Morgan fingerprint density at radius 1 is 0.676 bits per heavy atom. The van der Waals surface area contributed by atoms with Crippen LogP contribution in [0.15, 0.2) is 56.9 Å². The van der Waals surface area contributed by atoms with Gasteiger partial charge < -0.3 is 9.97 Å². The second-order valence-corrected chi connectivity index (χ2v) is 10.1. The molecule has 12 rings (SSSR count). The Hall–Kier alpha value is -5.52. The van der Waals surface area contributed by atoms with Crippen molar-refractivity contribution in [2.45, 2.75) is 5.91 Å². The highest BCUT2D eigenvalue weighted by atomic mass is 15.7. The molecular weight excluding hydrogens is 468 g/mol. The summed E-state index contributed by atoms with van der Waals surface area (Å²) >= 11 is 0. The van der Waals surface area contributed by atoms with Gasteiger partial charge in [0.2, 0.25) is 22.6 Å². The topological polar surface area (TPSA) is 129 Å². The minimum absolute atomic E-state index is 0.800. The molecule has 6 aliphatic rings. The molecule has 170 valence electrons. The summed E-state index contributed by atoms with van der Waals surface area (Å²) in [7, 11) is 0. The van der Waals surface area contributed by atoms with Gasteiger partial charge >= 0.3 is 5.91 Å². The van der Waals surface area contributed by atoms with Gasteiger partial charge in [-0.3, -0.25) is 9.98 Å². The van der Waals surface area contributed by atoms with Crippen LogP contribution in [0.1, 0.15) is 11.1 Å². The zero-order chi connectivity index (χ0) is 23.4. The van der Waals surface area contributed by atoms with Crippen molar-refractivity contribution in [2.75, 3.05) is 0 Å². The summed E-state index contributed by atoms with van der Waals surface area (Å²) < 4.78 is 9.19. The number of aromatic amines is 2. The quantitative estimate of drug-likeness (QED) is 0.172. The summed E-state index contributed by atoms with van der Waals surface area (Å²) in [5.41, 5.74) is 7.64. The van der Waals surface area contributed by atoms with E-state index < -0.39 is 5.91 Å². The lowest BCUT2D eigenvalue weighted by atomic mass is 10.3. The largest absolute Gasteiger partial charge is 0.444 e. The Labute approximate surface area is 202 Å². The highest BCUT2D eigenvalue weighted by molar-refractivity contribution is 5.97. The maximum Gasteiger partial charge on any atom is 0.444 e. The number of fused-ring (bicyclic) bond motifs is 12. The molecule has 0 aromatic carbocycles. The molecule has 4 N–H and O–H groups in total. The third kappa shape index (κ3) is 1.29. The smallest absolute Gasteiger partial charge is 0.356 e. The summed E-state index contributed by atoms with van der Waals surface area (Å²) in [5, 5.41) is 3.88. The van der Waals surface area contributed by atoms with E-state index in [1.807, 2.05) is 30.9 Å². The van der Waals surface area contributed by atoms with Crippen molar-refractivity contribution in [3.63, 3.8) is 0 Å². The van der Waals surface area contributed by atoms with Crippen molar-refractivity contribution >= 4 is 57.2 Å². The van der Waals surface area contributed by atoms with Crippen LogP contribution in [-0.4, -0.2) is 28.2 Å². The van der Waals surface area contributed by atoms with Crippen LogP contribution in [0.25, 0.3) is 34.0 Å². The molecule has 0 saturated heterocycles. The van der Waals surface area contributed by atoms with Gasteiger partial charge in [0.1, 0.15) is 21.7 Å². The van der Waals surface area contributed by atoms with E-state index in [4.69, 9.17) is 20.0 Å². The van der Waals surface area contributed by atoms with Gasteiger partial charge in [0.05, 0.1) is 16.3 Å². The first-order valence-electron chi connectivity index (χ1n) is 12.1. The monoisotopic (exact) mass is 480 g/mol. The minimum Gasteiger partial charge on any atom is -0.356 e. The van der Waals surface area contributed by atoms with E-state index in [0.717, 1.165) is 88.9 Å². The lowest BCUT2D eigenvalue weighted by Crippen LogP contribution is -2.89. The van der Waals surface area contributed by atoms with Crippen LogP contribution in [0.4, 0.5) is 23.3 Å². The fourth-order valence-electron chi connectivity index (χ4n) is 7.36. The molecule has 1 spiro atoms. The molecule has 6 aromatic heterocycles. The van der Waals surface area contributed by atoms with Gasteiger partial charge in [-0.25, -0.2) is 14.6 Å². The molecule has 6 aromatic rings. The van der Waals surface area contributed by atoms with E-state index in [-0.39, 0.29) is 0 Å². The van der Waals surface area contributed by atoms with Crippen molar-refractivity contribution in [3.8, 4) is 0 Å². The molecule has 0 fully saturated rings. The van der Waals surface area contributed by atoms with Crippen LogP contribution < -0.4 is 42.7 Å². The molecule has 0 amide bonds. The summed E-state index contributed by atoms with van der Waals surface area (Å²) in [6.45, 7) is 0. The lowest BCUT2D eigenvalue weighted by molar-refractivity contribution is -0.450. The van der Waals surface area contributed by atoms with Crippen molar-refractivity contribution < 1.29 is 9.98 Å². The van der Waals surface area contributed by atoms with E-state index in [9.17, 15) is 0 Å². The fourth-order valence-corrected chi connectivity index (χ4v) is 7.36. The highest BCUT2D eigenvalue weighted by Gasteiger charge is 2.64. The van der Waals surface area contributed by atoms with Crippen molar-refractivity contribution in [3.05, 3.63) is 80.7 Å². The van der Waals surface area contributed by atoms with Gasteiger partial charge in [-0.15, -0.1) is 9.13 Å². The summed E-state index contributed by atoms with van der Waals surface area (Å²) in [5.74, 6) is 2.72. The van der Waals surface area contributed by atoms with Crippen LogP contribution in [0.3, 0.4) is 0 Å². The molecule has 37 heavy (non-hydrogen) atoms. The molecule has 6 aliphatic heterocycles. The average molecular weight is 480 g/mol. The average Bonchev–Trinajstić information content (AvgIpc) is 3.73. The third-order valence-corrected chi connectivity index (χ3v) is 8.62. The van der Waals surface area contributed by atoms with E-state index in [0.29, 0.717) is 0 Å². The number of hydrogen-bond acceptors (Lipinski definition) is 4. The Morgan fingerprint density at radius 2 is 1.41 bits per heavy atom. The second kappa shape index (κ2) is 4.53. The van der Waals surface area contributed by atoms with Gasteiger partial charge in [0, 0.05) is 30.4 Å². The summed E-state index contributed by atoms with van der Waals surface area (Å²) in [6.07, 6.45) is 11.8. The van der Waals surface area contributed by atoms with E-state index in [1.165, 1.54) is 0 Å². The maximum absolute atomic E-state index is 5.26. The number of hydrogen-bond donors (Lipinski definition) is 4. The molecule has 0 aliphatic carbocycles. The van der Waals surface area contributed by atoms with Gasteiger partial charge in [0.25, 0.3) is 11.3 Å². The predicted molar refractivity (Wildman–Crippen MR) is 126 cm³/mol. The van der Waals surface area contributed by atoms with Crippen LogP contribution in [0.5, 0.6) is 0 Å². The first-order valence-corrected chi connectivity index (χ1v) is 12.1. The number of nitrogens with zero attached hydrogens (tertiary/aromatic N) is 8. The molecule has 12 heteroatoms. The molecular formula is C25H12N12+2. The molecule has 0 saturated carbocycles. The van der Waals surface area contributed by atoms with Crippen LogP contribution in [-0.2, 0) is 5.91 Å². The molecule has 0 radical (unpaired) electrons. The first kappa shape index (κ1) is 16.2. The summed E-state index contributed by atoms with van der Waals surface area (Å²) in [6, 6.07) is 4.22. The van der Waals surface area contributed by atoms with Crippen LogP contribution in [0, 0.1) is 0 Å². The summed E-state index contributed by atoms with van der Waals surface area (Å²) in [4.78, 5) is 34.5. The van der Waals surface area contributed by atoms with Gasteiger partial charge in [-0.05, 0) is 24.3 Å². The van der Waals surface area contributed by atoms with Crippen molar-refractivity contribution in [1.29, 1.82) is 0 Å². The van der Waals surface area contributed by atoms with Gasteiger partial charge in [0.15, 0.2) is 11.3 Å². The Kier molecular flexibility index (Phi) is 1.98. The molecule has 12 heterocycles. The van der Waals surface area contributed by atoms with Gasteiger partial charge in [-0.1, -0.05) is 0 Å². The van der Waals surface area contributed by atoms with E-state index in [2.05, 4.69) is 56.4 Å². The second-order valence-electron chi connectivity index (χ2n) is 10.1. The zero-order valence-electron chi connectivity index (χ0n) is 18.7. The number of rotatable bonds is 0. The Bertz CT molecular complexity index is 2690. The van der Waals surface area contributed by atoms with E-state index in [1.54, 1.807) is 0 Å². The van der Waals surface area contributed by atoms with Crippen molar-refractivity contribution in [1.82, 2.24) is 28.2 Å². The number of nitrogens with one attached hydrogen (secondary N) is 4. The van der Waals surface area contributed by atoms with E-state index >= 15 is 0 Å².